The lowest BCUT2D eigenvalue weighted by atomic mass is 10.0. The van der Waals surface area contributed by atoms with Crippen LogP contribution in [-0.4, -0.2) is 30.0 Å². The standard InChI is InChI=1S/C12H14FN3O/c13-9-3-1-8(2-4-9)10-7-11-12(17)14-5-6-16(11)15-10/h1-4,10-11,15H,5-7H2,(H,14,17). The number of halogens is 1. The van der Waals surface area contributed by atoms with Crippen molar-refractivity contribution in [3.05, 3.63) is 35.6 Å². The monoisotopic (exact) mass is 235 g/mol. The Morgan fingerprint density at radius 1 is 1.29 bits per heavy atom. The normalized spacial score (nSPS) is 28.9. The van der Waals surface area contributed by atoms with Gasteiger partial charge in [-0.1, -0.05) is 12.1 Å². The fourth-order valence-corrected chi connectivity index (χ4v) is 2.49. The third-order valence-corrected chi connectivity index (χ3v) is 3.38. The number of carbonyl (C=O) groups is 1. The van der Waals surface area contributed by atoms with Crippen LogP contribution in [-0.2, 0) is 4.79 Å². The molecule has 2 N–H and O–H groups in total. The van der Waals surface area contributed by atoms with E-state index in [1.807, 2.05) is 5.01 Å². The first kappa shape index (κ1) is 10.7. The molecule has 4 nitrogen and oxygen atoms in total. The largest absolute Gasteiger partial charge is 0.353 e. The van der Waals surface area contributed by atoms with Crippen LogP contribution >= 0.6 is 0 Å². The average Bonchev–Trinajstić information content (AvgIpc) is 2.75. The lowest BCUT2D eigenvalue weighted by Gasteiger charge is -2.28. The van der Waals surface area contributed by atoms with E-state index in [1.54, 1.807) is 12.1 Å². The van der Waals surface area contributed by atoms with Crippen molar-refractivity contribution < 1.29 is 9.18 Å². The van der Waals surface area contributed by atoms with Gasteiger partial charge in [-0.15, -0.1) is 0 Å². The molecule has 2 fully saturated rings. The van der Waals surface area contributed by atoms with Crippen LogP contribution in [0.3, 0.4) is 0 Å². The zero-order valence-corrected chi connectivity index (χ0v) is 9.32. The molecule has 3 rings (SSSR count). The Morgan fingerprint density at radius 3 is 2.76 bits per heavy atom. The molecule has 5 heteroatoms. The van der Waals surface area contributed by atoms with E-state index < -0.39 is 0 Å². The maximum Gasteiger partial charge on any atom is 0.238 e. The molecule has 1 aromatic rings. The van der Waals surface area contributed by atoms with Crippen LogP contribution in [0.2, 0.25) is 0 Å². The zero-order valence-electron chi connectivity index (χ0n) is 9.32. The molecule has 2 saturated heterocycles. The van der Waals surface area contributed by atoms with E-state index >= 15 is 0 Å². The van der Waals surface area contributed by atoms with Crippen LogP contribution in [0.5, 0.6) is 0 Å². The summed E-state index contributed by atoms with van der Waals surface area (Å²) in [4.78, 5) is 11.7. The van der Waals surface area contributed by atoms with Gasteiger partial charge in [-0.25, -0.2) is 14.8 Å². The van der Waals surface area contributed by atoms with Crippen LogP contribution in [0.4, 0.5) is 4.39 Å². The maximum atomic E-state index is 12.8. The first-order valence-corrected chi connectivity index (χ1v) is 5.80. The number of nitrogens with zero attached hydrogens (tertiary/aromatic N) is 1. The van der Waals surface area contributed by atoms with Crippen LogP contribution < -0.4 is 10.7 Å². The minimum absolute atomic E-state index is 0.0772. The van der Waals surface area contributed by atoms with Gasteiger partial charge >= 0.3 is 0 Å². The van der Waals surface area contributed by atoms with E-state index in [-0.39, 0.29) is 23.8 Å². The maximum absolute atomic E-state index is 12.8. The minimum atomic E-state index is -0.234. The van der Waals surface area contributed by atoms with Gasteiger partial charge in [0.2, 0.25) is 5.91 Å². The van der Waals surface area contributed by atoms with Gasteiger partial charge in [-0.05, 0) is 24.1 Å². The highest BCUT2D eigenvalue weighted by Gasteiger charge is 2.38. The molecule has 17 heavy (non-hydrogen) atoms. The van der Waals surface area contributed by atoms with Gasteiger partial charge in [0, 0.05) is 19.1 Å². The van der Waals surface area contributed by atoms with Gasteiger partial charge in [0.05, 0.1) is 0 Å². The third-order valence-electron chi connectivity index (χ3n) is 3.38. The van der Waals surface area contributed by atoms with Crippen molar-refractivity contribution in [2.24, 2.45) is 0 Å². The summed E-state index contributed by atoms with van der Waals surface area (Å²) >= 11 is 0. The average molecular weight is 235 g/mol. The van der Waals surface area contributed by atoms with E-state index in [0.29, 0.717) is 6.54 Å². The number of amides is 1. The van der Waals surface area contributed by atoms with Crippen molar-refractivity contribution in [1.82, 2.24) is 15.8 Å². The summed E-state index contributed by atoms with van der Waals surface area (Å²) in [5.41, 5.74) is 4.33. The van der Waals surface area contributed by atoms with Gasteiger partial charge in [0.25, 0.3) is 0 Å². The van der Waals surface area contributed by atoms with Crippen molar-refractivity contribution in [3.8, 4) is 0 Å². The number of hydrogen-bond donors (Lipinski definition) is 2. The molecule has 1 amide bonds. The minimum Gasteiger partial charge on any atom is -0.353 e. The highest BCUT2D eigenvalue weighted by molar-refractivity contribution is 5.82. The number of rotatable bonds is 1. The van der Waals surface area contributed by atoms with Crippen molar-refractivity contribution in [2.75, 3.05) is 13.1 Å². The number of hydrazine groups is 1. The van der Waals surface area contributed by atoms with Crippen molar-refractivity contribution >= 4 is 5.91 Å². The molecule has 2 atom stereocenters. The summed E-state index contributed by atoms with van der Waals surface area (Å²) in [6, 6.07) is 6.44. The summed E-state index contributed by atoms with van der Waals surface area (Å²) in [6.07, 6.45) is 0.734. The lowest BCUT2D eigenvalue weighted by molar-refractivity contribution is -0.128. The Balaban J connectivity index is 1.79. The van der Waals surface area contributed by atoms with E-state index in [1.165, 1.54) is 12.1 Å². The molecule has 2 unspecified atom stereocenters. The Bertz CT molecular complexity index is 434. The van der Waals surface area contributed by atoms with Crippen LogP contribution in [0.1, 0.15) is 18.0 Å². The topological polar surface area (TPSA) is 44.4 Å². The molecule has 0 bridgehead atoms. The van der Waals surface area contributed by atoms with Crippen molar-refractivity contribution in [2.45, 2.75) is 18.5 Å². The van der Waals surface area contributed by atoms with Crippen molar-refractivity contribution in [1.29, 1.82) is 0 Å². The second kappa shape index (κ2) is 4.09. The Kier molecular flexibility index (Phi) is 2.57. The van der Waals surface area contributed by atoms with E-state index in [0.717, 1.165) is 18.5 Å². The van der Waals surface area contributed by atoms with Crippen LogP contribution in [0, 0.1) is 5.82 Å². The molecule has 1 aromatic carbocycles. The molecule has 2 aliphatic heterocycles. The van der Waals surface area contributed by atoms with Crippen LogP contribution in [0.25, 0.3) is 0 Å². The summed E-state index contributed by atoms with van der Waals surface area (Å²) in [5.74, 6) is -0.157. The van der Waals surface area contributed by atoms with Crippen LogP contribution in [0.15, 0.2) is 24.3 Å². The molecule has 0 aliphatic carbocycles. The SMILES string of the molecule is O=C1NCCN2NC(c3ccc(F)cc3)CC12. The van der Waals surface area contributed by atoms with Gasteiger partial charge in [0.15, 0.2) is 0 Å². The molecule has 0 spiro atoms. The third kappa shape index (κ3) is 1.92. The fraction of sp³-hybridized carbons (Fsp3) is 0.417. The van der Waals surface area contributed by atoms with E-state index in [4.69, 9.17) is 0 Å². The van der Waals surface area contributed by atoms with Gasteiger partial charge in [-0.2, -0.15) is 0 Å². The van der Waals surface area contributed by atoms with Crippen molar-refractivity contribution in [3.63, 3.8) is 0 Å². The predicted octanol–water partition coefficient (Wildman–Crippen LogP) is 0.575. The molecule has 2 aliphatic rings. The van der Waals surface area contributed by atoms with Gasteiger partial charge < -0.3 is 5.32 Å². The molecule has 0 aromatic heterocycles. The molecule has 0 radical (unpaired) electrons. The number of piperazine rings is 1. The zero-order chi connectivity index (χ0) is 11.8. The Labute approximate surface area is 98.8 Å². The molecule has 0 saturated carbocycles. The molecule has 2 heterocycles. The van der Waals surface area contributed by atoms with Gasteiger partial charge in [-0.3, -0.25) is 4.79 Å². The lowest BCUT2D eigenvalue weighted by Crippen LogP contribution is -2.54. The highest BCUT2D eigenvalue weighted by atomic mass is 19.1. The first-order valence-electron chi connectivity index (χ1n) is 5.80. The second-order valence-electron chi connectivity index (χ2n) is 4.47. The smallest absolute Gasteiger partial charge is 0.238 e. The predicted molar refractivity (Wildman–Crippen MR) is 60.4 cm³/mol. The van der Waals surface area contributed by atoms with E-state index in [2.05, 4.69) is 10.7 Å². The summed E-state index contributed by atoms with van der Waals surface area (Å²) in [7, 11) is 0. The molecule has 90 valence electrons. The first-order chi connectivity index (χ1) is 8.24. The molecular weight excluding hydrogens is 221 g/mol. The number of fused-ring (bicyclic) bond motifs is 1. The molecular formula is C12H14FN3O. The summed E-state index contributed by atoms with van der Waals surface area (Å²) in [5, 5.41) is 4.83. The number of nitrogens with one attached hydrogen (secondary N) is 2. The van der Waals surface area contributed by atoms with Gasteiger partial charge in [0.1, 0.15) is 11.9 Å². The summed E-state index contributed by atoms with van der Waals surface area (Å²) < 4.78 is 12.8. The van der Waals surface area contributed by atoms with E-state index in [9.17, 15) is 9.18 Å². The number of carbonyl (C=O) groups excluding carboxylic acids is 1. The highest BCUT2D eigenvalue weighted by Crippen LogP contribution is 2.28. The quantitative estimate of drug-likeness (QED) is 0.748. The fourth-order valence-electron chi connectivity index (χ4n) is 2.49. The number of benzene rings is 1. The second-order valence-corrected chi connectivity index (χ2v) is 4.47. The Morgan fingerprint density at radius 2 is 2.06 bits per heavy atom. The Hall–Kier alpha value is -1.46. The number of hydrogen-bond acceptors (Lipinski definition) is 3. The summed E-state index contributed by atoms with van der Waals surface area (Å²) in [6.45, 7) is 1.49.